The number of carbonyl (C=O) groups excluding carboxylic acids is 2. The Hall–Kier alpha value is -2.09. The highest BCUT2D eigenvalue weighted by Gasteiger charge is 2.07. The highest BCUT2D eigenvalue weighted by molar-refractivity contribution is 14.1. The molecule has 2 rings (SSSR count). The van der Waals surface area contributed by atoms with Crippen molar-refractivity contribution < 1.29 is 9.59 Å². The fourth-order valence-corrected chi connectivity index (χ4v) is 2.19. The summed E-state index contributed by atoms with van der Waals surface area (Å²) in [6.07, 6.45) is 0. The van der Waals surface area contributed by atoms with E-state index in [1.54, 1.807) is 36.4 Å². The van der Waals surface area contributed by atoms with E-state index in [2.05, 4.69) is 33.2 Å². The molecule has 2 aromatic rings. The lowest BCUT2D eigenvalue weighted by Crippen LogP contribution is -2.19. The largest absolute Gasteiger partial charge is 0.351 e. The molecule has 5 nitrogen and oxygen atoms in total. The number of nitrogens with one attached hydrogen (secondary N) is 2. The SMILES string of the molecule is NC(=O)Nc1cccc(NC(=O)c2cccc(I)c2)c1. The number of amides is 3. The number of urea groups is 1. The third-order valence-corrected chi connectivity index (χ3v) is 3.15. The predicted octanol–water partition coefficient (Wildman–Crippen LogP) is 3.03. The van der Waals surface area contributed by atoms with Crippen LogP contribution >= 0.6 is 22.6 Å². The first-order valence-electron chi connectivity index (χ1n) is 5.78. The van der Waals surface area contributed by atoms with Crippen molar-refractivity contribution in [3.05, 3.63) is 57.7 Å². The minimum atomic E-state index is -0.647. The van der Waals surface area contributed by atoms with Crippen LogP contribution in [0.4, 0.5) is 16.2 Å². The van der Waals surface area contributed by atoms with Crippen molar-refractivity contribution in [1.29, 1.82) is 0 Å². The van der Waals surface area contributed by atoms with Gasteiger partial charge in [-0.2, -0.15) is 0 Å². The van der Waals surface area contributed by atoms with Gasteiger partial charge in [-0.1, -0.05) is 12.1 Å². The highest BCUT2D eigenvalue weighted by Crippen LogP contribution is 2.16. The molecule has 0 saturated heterocycles. The van der Waals surface area contributed by atoms with Gasteiger partial charge in [-0.05, 0) is 59.0 Å². The summed E-state index contributed by atoms with van der Waals surface area (Å²) in [6, 6.07) is 13.4. The van der Waals surface area contributed by atoms with E-state index in [0.717, 1.165) is 3.57 Å². The molecule has 0 heterocycles. The van der Waals surface area contributed by atoms with Gasteiger partial charge in [-0.15, -0.1) is 0 Å². The lowest BCUT2D eigenvalue weighted by atomic mass is 10.2. The molecular weight excluding hydrogens is 369 g/mol. The minimum absolute atomic E-state index is 0.209. The molecule has 3 amide bonds. The molecule has 0 bridgehead atoms. The van der Waals surface area contributed by atoms with Gasteiger partial charge in [-0.25, -0.2) is 4.79 Å². The Labute approximate surface area is 129 Å². The van der Waals surface area contributed by atoms with Crippen LogP contribution in [0.3, 0.4) is 0 Å². The topological polar surface area (TPSA) is 84.2 Å². The van der Waals surface area contributed by atoms with Crippen LogP contribution < -0.4 is 16.4 Å². The van der Waals surface area contributed by atoms with Gasteiger partial charge in [0.05, 0.1) is 0 Å². The average Bonchev–Trinajstić information content (AvgIpc) is 2.38. The van der Waals surface area contributed by atoms with Crippen LogP contribution in [0, 0.1) is 3.57 Å². The summed E-state index contributed by atoms with van der Waals surface area (Å²) in [6.45, 7) is 0. The Kier molecular flexibility index (Phi) is 4.57. The summed E-state index contributed by atoms with van der Waals surface area (Å²) >= 11 is 2.15. The number of rotatable bonds is 3. The number of primary amides is 1. The van der Waals surface area contributed by atoms with Gasteiger partial charge >= 0.3 is 6.03 Å². The Morgan fingerprint density at radius 1 is 0.950 bits per heavy atom. The third kappa shape index (κ3) is 3.95. The van der Waals surface area contributed by atoms with Gasteiger partial charge in [0.15, 0.2) is 0 Å². The molecule has 0 radical (unpaired) electrons. The van der Waals surface area contributed by atoms with Crippen LogP contribution in [0.15, 0.2) is 48.5 Å². The van der Waals surface area contributed by atoms with Crippen LogP contribution in [-0.2, 0) is 0 Å². The lowest BCUT2D eigenvalue weighted by molar-refractivity contribution is 0.102. The van der Waals surface area contributed by atoms with E-state index in [4.69, 9.17) is 5.73 Å². The molecule has 0 aliphatic rings. The van der Waals surface area contributed by atoms with Crippen molar-refractivity contribution in [3.63, 3.8) is 0 Å². The van der Waals surface area contributed by atoms with Crippen LogP contribution in [0.2, 0.25) is 0 Å². The van der Waals surface area contributed by atoms with Crippen molar-refractivity contribution in [3.8, 4) is 0 Å². The van der Waals surface area contributed by atoms with E-state index in [1.807, 2.05) is 12.1 Å². The quantitative estimate of drug-likeness (QED) is 0.715. The summed E-state index contributed by atoms with van der Waals surface area (Å²) in [5.74, 6) is -0.209. The Morgan fingerprint density at radius 2 is 1.60 bits per heavy atom. The van der Waals surface area contributed by atoms with E-state index in [-0.39, 0.29) is 5.91 Å². The molecule has 0 spiro atoms. The van der Waals surface area contributed by atoms with E-state index >= 15 is 0 Å². The highest BCUT2D eigenvalue weighted by atomic mass is 127. The van der Waals surface area contributed by atoms with E-state index in [9.17, 15) is 9.59 Å². The number of nitrogens with two attached hydrogens (primary N) is 1. The molecule has 102 valence electrons. The molecule has 0 saturated carbocycles. The van der Waals surface area contributed by atoms with Crippen molar-refractivity contribution >= 4 is 45.9 Å². The fraction of sp³-hybridized carbons (Fsp3) is 0. The van der Waals surface area contributed by atoms with Crippen molar-refractivity contribution in [2.75, 3.05) is 10.6 Å². The first-order valence-corrected chi connectivity index (χ1v) is 6.86. The molecule has 2 aromatic carbocycles. The summed E-state index contributed by atoms with van der Waals surface area (Å²) in [4.78, 5) is 22.9. The Balaban J connectivity index is 2.13. The fourth-order valence-electron chi connectivity index (χ4n) is 1.65. The van der Waals surface area contributed by atoms with Crippen molar-refractivity contribution in [1.82, 2.24) is 0 Å². The second-order valence-corrected chi connectivity index (χ2v) is 5.28. The Morgan fingerprint density at radius 3 is 2.25 bits per heavy atom. The second-order valence-electron chi connectivity index (χ2n) is 4.03. The number of hydrogen-bond donors (Lipinski definition) is 3. The predicted molar refractivity (Wildman–Crippen MR) is 86.8 cm³/mol. The third-order valence-electron chi connectivity index (χ3n) is 2.47. The molecule has 0 aliphatic carbocycles. The number of halogens is 1. The van der Waals surface area contributed by atoms with Crippen LogP contribution in [0.25, 0.3) is 0 Å². The maximum atomic E-state index is 12.1. The second kappa shape index (κ2) is 6.38. The summed E-state index contributed by atoms with van der Waals surface area (Å²) in [5.41, 5.74) is 6.73. The molecule has 4 N–H and O–H groups in total. The summed E-state index contributed by atoms with van der Waals surface area (Å²) in [5, 5.41) is 5.22. The molecule has 0 aromatic heterocycles. The van der Waals surface area contributed by atoms with E-state index in [0.29, 0.717) is 16.9 Å². The zero-order valence-electron chi connectivity index (χ0n) is 10.4. The molecule has 0 aliphatic heterocycles. The first kappa shape index (κ1) is 14.3. The van der Waals surface area contributed by atoms with Gasteiger partial charge in [-0.3, -0.25) is 4.79 Å². The molecule has 20 heavy (non-hydrogen) atoms. The van der Waals surface area contributed by atoms with Gasteiger partial charge in [0.25, 0.3) is 5.91 Å². The summed E-state index contributed by atoms with van der Waals surface area (Å²) in [7, 11) is 0. The van der Waals surface area contributed by atoms with Gasteiger partial charge in [0.2, 0.25) is 0 Å². The van der Waals surface area contributed by atoms with E-state index in [1.165, 1.54) is 0 Å². The van der Waals surface area contributed by atoms with Gasteiger partial charge in [0.1, 0.15) is 0 Å². The minimum Gasteiger partial charge on any atom is -0.351 e. The number of hydrogen-bond acceptors (Lipinski definition) is 2. The van der Waals surface area contributed by atoms with Crippen molar-refractivity contribution in [2.24, 2.45) is 5.73 Å². The standard InChI is InChI=1S/C14H12IN3O2/c15-10-4-1-3-9(7-10)13(19)17-11-5-2-6-12(8-11)18-14(16)20/h1-8H,(H,17,19)(H3,16,18,20). The average molecular weight is 381 g/mol. The van der Waals surface area contributed by atoms with Crippen LogP contribution in [0.1, 0.15) is 10.4 Å². The summed E-state index contributed by atoms with van der Waals surface area (Å²) < 4.78 is 0.986. The van der Waals surface area contributed by atoms with Crippen LogP contribution in [-0.4, -0.2) is 11.9 Å². The zero-order chi connectivity index (χ0) is 14.5. The Bertz CT molecular complexity index is 658. The van der Waals surface area contributed by atoms with Crippen LogP contribution in [0.5, 0.6) is 0 Å². The van der Waals surface area contributed by atoms with Gasteiger partial charge in [0, 0.05) is 20.5 Å². The van der Waals surface area contributed by atoms with Gasteiger partial charge < -0.3 is 16.4 Å². The molecular formula is C14H12IN3O2. The van der Waals surface area contributed by atoms with E-state index < -0.39 is 6.03 Å². The maximum Gasteiger partial charge on any atom is 0.316 e. The molecule has 0 unspecified atom stereocenters. The van der Waals surface area contributed by atoms with Crippen molar-refractivity contribution in [2.45, 2.75) is 0 Å². The maximum absolute atomic E-state index is 12.1. The first-order chi connectivity index (χ1) is 9.54. The monoisotopic (exact) mass is 381 g/mol. The molecule has 0 fully saturated rings. The lowest BCUT2D eigenvalue weighted by Gasteiger charge is -2.08. The smallest absolute Gasteiger partial charge is 0.316 e. The normalized spacial score (nSPS) is 9.85. The molecule has 6 heteroatoms. The number of benzene rings is 2. The number of carbonyl (C=O) groups is 2. The number of anilines is 2. The zero-order valence-corrected chi connectivity index (χ0v) is 12.5. The molecule has 0 atom stereocenters.